The quantitative estimate of drug-likeness (QED) is 0.216. The van der Waals surface area contributed by atoms with Gasteiger partial charge in [-0.05, 0) is 46.5 Å². The van der Waals surface area contributed by atoms with Crippen molar-refractivity contribution in [2.45, 2.75) is 9.79 Å². The van der Waals surface area contributed by atoms with Crippen LogP contribution in [0.5, 0.6) is 0 Å². The molecule has 8 N–H and O–H groups in total. The molecule has 5 aromatic carbocycles. The average molecular weight is 581 g/mol. The summed E-state index contributed by atoms with van der Waals surface area (Å²) in [7, 11) is -8.51. The smallest absolute Gasteiger partial charge is 0.124 e. The third-order valence-corrected chi connectivity index (χ3v) is 6.86. The van der Waals surface area contributed by atoms with Crippen LogP contribution in [-0.4, -0.2) is 25.9 Å². The van der Waals surface area contributed by atoms with Crippen LogP contribution in [0.1, 0.15) is 0 Å². The first kappa shape index (κ1) is 33.9. The molecular weight excluding hydrogens is 548 g/mol. The van der Waals surface area contributed by atoms with Crippen LogP contribution in [0.25, 0.3) is 22.3 Å². The van der Waals surface area contributed by atoms with E-state index in [0.717, 1.165) is 0 Å². The van der Waals surface area contributed by atoms with Crippen molar-refractivity contribution >= 4 is 20.2 Å². The van der Waals surface area contributed by atoms with E-state index in [2.05, 4.69) is 72.8 Å². The lowest BCUT2D eigenvalue weighted by Gasteiger charge is -2.04. The van der Waals surface area contributed by atoms with Gasteiger partial charge >= 0.3 is 0 Å². The Balaban J connectivity index is 0.000000315. The first-order valence-corrected chi connectivity index (χ1v) is 14.2. The minimum Gasteiger partial charge on any atom is -0.744 e. The molecule has 0 aromatic heterocycles. The lowest BCUT2D eigenvalue weighted by Crippen LogP contribution is -1.96. The van der Waals surface area contributed by atoms with Crippen LogP contribution < -0.4 is 12.3 Å². The Hall–Kier alpha value is -4.16. The molecule has 0 atom stereocenters. The first-order valence-electron chi connectivity index (χ1n) is 11.4. The van der Waals surface area contributed by atoms with Crippen LogP contribution in [0.3, 0.4) is 0 Å². The lowest BCUT2D eigenvalue weighted by atomic mass is 10.0. The van der Waals surface area contributed by atoms with Gasteiger partial charge in [0.15, 0.2) is 0 Å². The summed E-state index contributed by atoms with van der Waals surface area (Å²) in [5, 5.41) is 0. The van der Waals surface area contributed by atoms with E-state index < -0.39 is 20.2 Å². The van der Waals surface area contributed by atoms with Crippen molar-refractivity contribution in [1.29, 1.82) is 0 Å². The Kier molecular flexibility index (Phi) is 13.6. The van der Waals surface area contributed by atoms with E-state index in [-0.39, 0.29) is 22.1 Å². The summed E-state index contributed by atoms with van der Waals surface area (Å²) in [4.78, 5) is -0.370. The predicted octanol–water partition coefficient (Wildman–Crippen LogP) is 6.95. The van der Waals surface area contributed by atoms with E-state index in [1.807, 2.05) is 12.1 Å². The molecule has 5 rings (SSSR count). The third kappa shape index (κ3) is 10.9. The summed E-state index contributed by atoms with van der Waals surface area (Å²) in [5.41, 5.74) is 5.04. The van der Waals surface area contributed by atoms with Gasteiger partial charge in [-0.3, -0.25) is 0 Å². The molecule has 0 heterocycles. The standard InChI is InChI=1S/C18H14.2C6H6O3S.2H3N/c1-3-7-15(8-4-1)17-11-13-18(14-12-17)16-9-5-2-6-10-16;2*7-10(8,9)6-4-2-1-3-5-6;;/h1-14H;2*1-5H,(H,7,8,9);2*1H3. The summed E-state index contributed by atoms with van der Waals surface area (Å²) in [6, 6.07) is 44.0. The van der Waals surface area contributed by atoms with Crippen LogP contribution >= 0.6 is 0 Å². The van der Waals surface area contributed by atoms with Gasteiger partial charge in [-0.15, -0.1) is 0 Å². The molecule has 0 bridgehead atoms. The maximum atomic E-state index is 10.3. The molecule has 0 radical (unpaired) electrons. The highest BCUT2D eigenvalue weighted by molar-refractivity contribution is 7.86. The second kappa shape index (κ2) is 16.1. The van der Waals surface area contributed by atoms with Crippen molar-refractivity contribution in [1.82, 2.24) is 12.3 Å². The zero-order valence-corrected chi connectivity index (χ0v) is 23.8. The number of hydrogen-bond donors (Lipinski definition) is 2. The molecule has 0 saturated heterocycles. The highest BCUT2D eigenvalue weighted by atomic mass is 32.2. The number of hydrogen-bond acceptors (Lipinski definition) is 6. The minimum atomic E-state index is -4.25. The zero-order chi connectivity index (χ0) is 27.4. The molecular formula is C30H32N2O6S2. The molecule has 10 heteroatoms. The van der Waals surface area contributed by atoms with Crippen LogP contribution in [0, 0.1) is 0 Å². The zero-order valence-electron chi connectivity index (χ0n) is 22.1. The molecule has 0 amide bonds. The van der Waals surface area contributed by atoms with Gasteiger partial charge in [0.05, 0.1) is 9.79 Å². The normalized spacial score (nSPS) is 10.2. The predicted molar refractivity (Wildman–Crippen MR) is 158 cm³/mol. The number of quaternary nitrogens is 2. The van der Waals surface area contributed by atoms with Crippen molar-refractivity contribution in [3.05, 3.63) is 146 Å². The fourth-order valence-corrected chi connectivity index (χ4v) is 4.27. The van der Waals surface area contributed by atoms with Crippen LogP contribution in [0.4, 0.5) is 0 Å². The van der Waals surface area contributed by atoms with E-state index in [4.69, 9.17) is 0 Å². The lowest BCUT2D eigenvalue weighted by molar-refractivity contribution is 0.461. The Morgan fingerprint density at radius 3 is 0.725 bits per heavy atom. The molecule has 0 fully saturated rings. The monoisotopic (exact) mass is 580 g/mol. The Labute approximate surface area is 235 Å². The largest absolute Gasteiger partial charge is 0.744 e. The molecule has 8 nitrogen and oxygen atoms in total. The molecule has 5 aromatic rings. The number of rotatable bonds is 4. The summed E-state index contributed by atoms with van der Waals surface area (Å²) < 4.78 is 61.7. The molecule has 0 aliphatic rings. The van der Waals surface area contributed by atoms with E-state index in [0.29, 0.717) is 0 Å². The third-order valence-electron chi connectivity index (χ3n) is 5.16. The summed E-state index contributed by atoms with van der Waals surface area (Å²) >= 11 is 0. The van der Waals surface area contributed by atoms with Gasteiger partial charge in [0, 0.05) is 0 Å². The maximum absolute atomic E-state index is 10.3. The molecule has 0 spiro atoms. The summed E-state index contributed by atoms with van der Waals surface area (Å²) in [6.45, 7) is 0. The van der Waals surface area contributed by atoms with Gasteiger partial charge in [-0.25, -0.2) is 16.8 Å². The van der Waals surface area contributed by atoms with Crippen molar-refractivity contribution in [2.24, 2.45) is 0 Å². The van der Waals surface area contributed by atoms with Gasteiger partial charge in [-0.2, -0.15) is 0 Å². The minimum absolute atomic E-state index is 0. The van der Waals surface area contributed by atoms with Gasteiger partial charge in [0.2, 0.25) is 0 Å². The maximum Gasteiger partial charge on any atom is 0.124 e. The van der Waals surface area contributed by atoms with Crippen LogP contribution in [0.2, 0.25) is 0 Å². The van der Waals surface area contributed by atoms with E-state index >= 15 is 0 Å². The van der Waals surface area contributed by atoms with Crippen molar-refractivity contribution in [3.8, 4) is 22.3 Å². The number of benzene rings is 5. The van der Waals surface area contributed by atoms with E-state index in [1.54, 1.807) is 12.1 Å². The highest BCUT2D eigenvalue weighted by Gasteiger charge is 1.99. The highest BCUT2D eigenvalue weighted by Crippen LogP contribution is 2.24. The van der Waals surface area contributed by atoms with Gasteiger partial charge in [0.1, 0.15) is 20.2 Å². The molecule has 0 saturated carbocycles. The Morgan fingerprint density at radius 2 is 0.525 bits per heavy atom. The summed E-state index contributed by atoms with van der Waals surface area (Å²) in [6.07, 6.45) is 0. The molecule has 0 unspecified atom stereocenters. The van der Waals surface area contributed by atoms with E-state index in [1.165, 1.54) is 70.8 Å². The van der Waals surface area contributed by atoms with E-state index in [9.17, 15) is 25.9 Å². The second-order valence-corrected chi connectivity index (χ2v) is 10.6. The first-order chi connectivity index (χ1) is 18.1. The van der Waals surface area contributed by atoms with Crippen LogP contribution in [0.15, 0.2) is 155 Å². The van der Waals surface area contributed by atoms with Gasteiger partial charge < -0.3 is 21.4 Å². The van der Waals surface area contributed by atoms with Crippen molar-refractivity contribution in [2.75, 3.05) is 0 Å². The van der Waals surface area contributed by atoms with Crippen molar-refractivity contribution in [3.63, 3.8) is 0 Å². The van der Waals surface area contributed by atoms with Gasteiger partial charge in [-0.1, -0.05) is 121 Å². The van der Waals surface area contributed by atoms with Crippen LogP contribution in [-0.2, 0) is 20.2 Å². The summed E-state index contributed by atoms with van der Waals surface area (Å²) in [5.74, 6) is 0. The average Bonchev–Trinajstić information content (AvgIpc) is 2.95. The Morgan fingerprint density at radius 1 is 0.325 bits per heavy atom. The fraction of sp³-hybridized carbons (Fsp3) is 0. The topological polar surface area (TPSA) is 187 Å². The SMILES string of the molecule is O=S(=O)([O-])c1ccccc1.O=S(=O)([O-])c1ccccc1.[NH4+].[NH4+].c1ccc(-c2ccc(-c3ccccc3)cc2)cc1. The molecule has 0 aliphatic carbocycles. The molecule has 210 valence electrons. The van der Waals surface area contributed by atoms with Crippen molar-refractivity contribution < 1.29 is 25.9 Å². The Bertz CT molecular complexity index is 1490. The fourth-order valence-electron chi connectivity index (χ4n) is 3.29. The molecule has 0 aliphatic heterocycles. The van der Waals surface area contributed by atoms with Gasteiger partial charge in [0.25, 0.3) is 0 Å². The second-order valence-electron chi connectivity index (χ2n) is 7.84. The molecule has 40 heavy (non-hydrogen) atoms.